The van der Waals surface area contributed by atoms with Gasteiger partial charge in [-0.05, 0) is 36.8 Å². The highest BCUT2D eigenvalue weighted by atomic mass is 35.5. The second-order valence-electron chi connectivity index (χ2n) is 5.16. The van der Waals surface area contributed by atoms with E-state index in [0.29, 0.717) is 23.1 Å². The lowest BCUT2D eigenvalue weighted by atomic mass is 10.2. The third-order valence-electron chi connectivity index (χ3n) is 3.13. The molecule has 2 rings (SSSR count). The van der Waals surface area contributed by atoms with Gasteiger partial charge in [0.15, 0.2) is 0 Å². The molecule has 6 nitrogen and oxygen atoms in total. The van der Waals surface area contributed by atoms with Crippen LogP contribution in [0.5, 0.6) is 0 Å². The maximum absolute atomic E-state index is 12.4. The summed E-state index contributed by atoms with van der Waals surface area (Å²) < 4.78 is 32.3. The molecule has 0 bridgehead atoms. The number of halogens is 1. The Kier molecular flexibility index (Phi) is 6.57. The Bertz CT molecular complexity index is 830. The summed E-state index contributed by atoms with van der Waals surface area (Å²) in [5, 5.41) is 2.92. The predicted octanol–water partition coefficient (Wildman–Crippen LogP) is 3.76. The van der Waals surface area contributed by atoms with E-state index in [4.69, 9.17) is 28.6 Å². The monoisotopic (exact) mass is 400 g/mol. The van der Waals surface area contributed by atoms with Crippen molar-refractivity contribution in [3.63, 3.8) is 0 Å². The van der Waals surface area contributed by atoms with E-state index in [2.05, 4.69) is 5.32 Å². The number of urea groups is 1. The van der Waals surface area contributed by atoms with Crippen LogP contribution >= 0.6 is 23.8 Å². The number of thiocarbonyl (C=S) groups is 1. The minimum atomic E-state index is -4.11. The van der Waals surface area contributed by atoms with Gasteiger partial charge in [-0.15, -0.1) is 0 Å². The predicted molar refractivity (Wildman–Crippen MR) is 102 cm³/mol. The van der Waals surface area contributed by atoms with Crippen LogP contribution in [0.1, 0.15) is 19.8 Å². The summed E-state index contributed by atoms with van der Waals surface area (Å²) in [5.74, 6) is 0.425. The standard InChI is InChI=1S/C16H17ClN2O4S2/c1-2-9-23-13-7-8-14(24)15(10-13)25(21,22)19-16(20)18-12-5-3-11(17)4-6-12/h3-7,10H,2,8-9H2,1H3,(H2,18,19,20). The van der Waals surface area contributed by atoms with Crippen molar-refractivity contribution in [2.75, 3.05) is 11.9 Å². The zero-order chi connectivity index (χ0) is 18.4. The van der Waals surface area contributed by atoms with Crippen LogP contribution in [0.25, 0.3) is 0 Å². The lowest BCUT2D eigenvalue weighted by Gasteiger charge is -2.16. The lowest BCUT2D eigenvalue weighted by molar-refractivity contribution is 0.223. The SMILES string of the molecule is CCCOC1=CCC(=S)C(S(=O)(=O)NC(=O)Nc2ccc(Cl)cc2)=C1. The van der Waals surface area contributed by atoms with E-state index in [1.54, 1.807) is 30.3 Å². The molecule has 134 valence electrons. The van der Waals surface area contributed by atoms with Crippen LogP contribution in [0.15, 0.2) is 47.1 Å². The molecule has 9 heteroatoms. The minimum Gasteiger partial charge on any atom is -0.494 e. The fourth-order valence-corrected chi connectivity index (χ4v) is 3.63. The number of hydrogen-bond acceptors (Lipinski definition) is 5. The summed E-state index contributed by atoms with van der Waals surface area (Å²) in [4.78, 5) is 12.0. The quantitative estimate of drug-likeness (QED) is 0.710. The van der Waals surface area contributed by atoms with Crippen molar-refractivity contribution in [2.24, 2.45) is 0 Å². The van der Waals surface area contributed by atoms with Gasteiger partial charge in [0.2, 0.25) is 0 Å². The van der Waals surface area contributed by atoms with Crippen molar-refractivity contribution in [1.29, 1.82) is 0 Å². The highest BCUT2D eigenvalue weighted by Gasteiger charge is 2.26. The molecular formula is C16H17ClN2O4S2. The van der Waals surface area contributed by atoms with Gasteiger partial charge >= 0.3 is 6.03 Å². The zero-order valence-electron chi connectivity index (χ0n) is 13.4. The first-order valence-corrected chi connectivity index (χ1v) is 9.76. The molecule has 25 heavy (non-hydrogen) atoms. The average Bonchev–Trinajstić information content (AvgIpc) is 2.55. The number of carbonyl (C=O) groups excluding carboxylic acids is 1. The highest BCUT2D eigenvalue weighted by molar-refractivity contribution is 7.97. The number of sulfonamides is 1. The molecule has 1 aromatic carbocycles. The van der Waals surface area contributed by atoms with Crippen LogP contribution in [0.3, 0.4) is 0 Å². The zero-order valence-corrected chi connectivity index (χ0v) is 15.8. The van der Waals surface area contributed by atoms with E-state index >= 15 is 0 Å². The summed E-state index contributed by atoms with van der Waals surface area (Å²) in [6, 6.07) is 5.37. The number of benzene rings is 1. The molecule has 1 aromatic rings. The fraction of sp³-hybridized carbons (Fsp3) is 0.250. The van der Waals surface area contributed by atoms with E-state index < -0.39 is 16.1 Å². The number of carbonyl (C=O) groups is 1. The van der Waals surface area contributed by atoms with Crippen molar-refractivity contribution >= 4 is 50.4 Å². The summed E-state index contributed by atoms with van der Waals surface area (Å²) in [6.07, 6.45) is 4.10. The third-order valence-corrected chi connectivity index (χ3v) is 5.29. The largest absolute Gasteiger partial charge is 0.494 e. The Morgan fingerprint density at radius 1 is 1.32 bits per heavy atom. The fourth-order valence-electron chi connectivity index (χ4n) is 1.98. The first-order valence-electron chi connectivity index (χ1n) is 7.49. The number of nitrogens with one attached hydrogen (secondary N) is 2. The molecule has 0 heterocycles. The number of anilines is 1. The van der Waals surface area contributed by atoms with Gasteiger partial charge in [-0.25, -0.2) is 17.9 Å². The maximum Gasteiger partial charge on any atom is 0.333 e. The normalized spacial score (nSPS) is 14.4. The van der Waals surface area contributed by atoms with Crippen LogP contribution in [0, 0.1) is 0 Å². The van der Waals surface area contributed by atoms with Crippen LogP contribution < -0.4 is 10.0 Å². The van der Waals surface area contributed by atoms with Crippen molar-refractivity contribution < 1.29 is 17.9 Å². The van der Waals surface area contributed by atoms with E-state index in [1.807, 2.05) is 11.6 Å². The van der Waals surface area contributed by atoms with E-state index in [1.165, 1.54) is 6.08 Å². The summed E-state index contributed by atoms with van der Waals surface area (Å²) in [7, 11) is -4.11. The summed E-state index contributed by atoms with van der Waals surface area (Å²) in [6.45, 7) is 2.41. The molecule has 0 atom stereocenters. The topological polar surface area (TPSA) is 84.5 Å². The third kappa shape index (κ3) is 5.55. The van der Waals surface area contributed by atoms with Crippen molar-refractivity contribution in [3.8, 4) is 0 Å². The minimum absolute atomic E-state index is 0.137. The molecule has 0 saturated carbocycles. The Morgan fingerprint density at radius 3 is 2.64 bits per heavy atom. The summed E-state index contributed by atoms with van der Waals surface area (Å²) >= 11 is 10.9. The molecule has 0 unspecified atom stereocenters. The number of rotatable bonds is 6. The molecule has 1 aliphatic carbocycles. The molecular weight excluding hydrogens is 384 g/mol. The molecule has 0 aliphatic heterocycles. The van der Waals surface area contributed by atoms with Crippen molar-refractivity contribution in [3.05, 3.63) is 52.1 Å². The van der Waals surface area contributed by atoms with Crippen LogP contribution in [0.4, 0.5) is 10.5 Å². The second-order valence-corrected chi connectivity index (χ2v) is 7.74. The van der Waals surface area contributed by atoms with Gasteiger partial charge in [0.25, 0.3) is 10.0 Å². The number of amides is 2. The first-order chi connectivity index (χ1) is 11.8. The van der Waals surface area contributed by atoms with Gasteiger partial charge in [0.1, 0.15) is 10.7 Å². The molecule has 0 saturated heterocycles. The van der Waals surface area contributed by atoms with Crippen molar-refractivity contribution in [2.45, 2.75) is 19.8 Å². The maximum atomic E-state index is 12.4. The van der Waals surface area contributed by atoms with Crippen LogP contribution in [-0.4, -0.2) is 25.9 Å². The Hall–Kier alpha value is -1.90. The van der Waals surface area contributed by atoms with Gasteiger partial charge in [-0.3, -0.25) is 0 Å². The Labute approximate surface area is 156 Å². The molecule has 1 aliphatic rings. The van der Waals surface area contributed by atoms with Gasteiger partial charge < -0.3 is 10.1 Å². The number of allylic oxidation sites excluding steroid dienone is 3. The Morgan fingerprint density at radius 2 is 2.00 bits per heavy atom. The van der Waals surface area contributed by atoms with Gasteiger partial charge in [-0.2, -0.15) is 0 Å². The van der Waals surface area contributed by atoms with Crippen molar-refractivity contribution in [1.82, 2.24) is 4.72 Å². The smallest absolute Gasteiger partial charge is 0.333 e. The molecule has 0 spiro atoms. The first kappa shape index (κ1) is 19.4. The lowest BCUT2D eigenvalue weighted by Crippen LogP contribution is -2.37. The molecule has 0 fully saturated rings. The van der Waals surface area contributed by atoms with E-state index in [-0.39, 0.29) is 16.2 Å². The average molecular weight is 401 g/mol. The molecule has 0 aromatic heterocycles. The number of hydrogen-bond donors (Lipinski definition) is 2. The number of ether oxygens (including phenoxy) is 1. The van der Waals surface area contributed by atoms with Crippen LogP contribution in [0.2, 0.25) is 5.02 Å². The molecule has 2 amide bonds. The second kappa shape index (κ2) is 8.46. The highest BCUT2D eigenvalue weighted by Crippen LogP contribution is 2.21. The van der Waals surface area contributed by atoms with Gasteiger partial charge in [0.05, 0.1) is 6.61 Å². The van der Waals surface area contributed by atoms with E-state index in [0.717, 1.165) is 6.42 Å². The Balaban J connectivity index is 2.10. The van der Waals surface area contributed by atoms with E-state index in [9.17, 15) is 13.2 Å². The summed E-state index contributed by atoms with van der Waals surface area (Å²) in [5.41, 5.74) is 0.407. The molecule has 2 N–H and O–H groups in total. The van der Waals surface area contributed by atoms with Crippen LogP contribution in [-0.2, 0) is 14.8 Å². The molecule has 0 radical (unpaired) electrons. The van der Waals surface area contributed by atoms with Gasteiger partial charge in [0, 0.05) is 28.1 Å². The van der Waals surface area contributed by atoms with Gasteiger partial charge in [-0.1, -0.05) is 30.7 Å².